The normalized spacial score (nSPS) is 11.8. The summed E-state index contributed by atoms with van der Waals surface area (Å²) in [5, 5.41) is 0. The Balaban J connectivity index is 2.49. The summed E-state index contributed by atoms with van der Waals surface area (Å²) in [6.45, 7) is 1.79. The smallest absolute Gasteiger partial charge is 0.298 e. The Hall–Kier alpha value is -2.30. The molecule has 0 atom stereocenters. The fraction of sp³-hybridized carbons (Fsp3) is 0.118. The molecular formula is C17H12BF3O. The molecule has 0 heterocycles. The van der Waals surface area contributed by atoms with Gasteiger partial charge in [-0.25, -0.2) is 0 Å². The molecule has 2 rings (SSSR count). The highest BCUT2D eigenvalue weighted by Crippen LogP contribution is 2.33. The summed E-state index contributed by atoms with van der Waals surface area (Å²) in [5.41, 5.74) is 1.44. The maximum absolute atomic E-state index is 13.0. The van der Waals surface area contributed by atoms with Crippen LogP contribution in [-0.4, -0.2) is 14.1 Å². The van der Waals surface area contributed by atoms with Gasteiger partial charge in [-0.2, -0.15) is 13.2 Å². The summed E-state index contributed by atoms with van der Waals surface area (Å²) >= 11 is 0. The summed E-state index contributed by atoms with van der Waals surface area (Å²) in [6.07, 6.45) is -1.06. The quantitative estimate of drug-likeness (QED) is 0.479. The van der Waals surface area contributed by atoms with Gasteiger partial charge in [-0.1, -0.05) is 47.4 Å². The monoisotopic (exact) mass is 300 g/mol. The van der Waals surface area contributed by atoms with Gasteiger partial charge in [0.15, 0.2) is 0 Å². The molecule has 0 aromatic heterocycles. The van der Waals surface area contributed by atoms with Crippen molar-refractivity contribution in [2.24, 2.45) is 0 Å². The number of hydrogen-bond acceptors (Lipinski definition) is 1. The van der Waals surface area contributed by atoms with Gasteiger partial charge < -0.3 is 0 Å². The van der Waals surface area contributed by atoms with Gasteiger partial charge in [0.25, 0.3) is 0 Å². The molecule has 0 aliphatic heterocycles. The van der Waals surface area contributed by atoms with Gasteiger partial charge >= 0.3 is 6.18 Å². The molecule has 2 aromatic carbocycles. The average molecular weight is 300 g/mol. The van der Waals surface area contributed by atoms with E-state index in [9.17, 15) is 18.0 Å². The lowest BCUT2D eigenvalue weighted by Crippen LogP contribution is -2.08. The lowest BCUT2D eigenvalue weighted by atomic mass is 9.88. The number of hydrogen-bond donors (Lipinski definition) is 0. The zero-order valence-electron chi connectivity index (χ0n) is 11.8. The molecule has 0 spiro atoms. The van der Waals surface area contributed by atoms with E-state index in [1.807, 2.05) is 0 Å². The number of carbonyl (C=O) groups is 1. The molecule has 0 bridgehead atoms. The van der Waals surface area contributed by atoms with Gasteiger partial charge in [-0.15, -0.1) is 0 Å². The molecule has 22 heavy (non-hydrogen) atoms. The lowest BCUT2D eigenvalue weighted by Gasteiger charge is -2.11. The second-order valence-corrected chi connectivity index (χ2v) is 4.86. The summed E-state index contributed by atoms with van der Waals surface area (Å²) in [5.74, 6) is 0. The zero-order valence-corrected chi connectivity index (χ0v) is 11.8. The van der Waals surface area contributed by atoms with Crippen LogP contribution in [0.5, 0.6) is 0 Å². The molecule has 0 aliphatic carbocycles. The van der Waals surface area contributed by atoms with Crippen LogP contribution in [-0.2, 0) is 6.18 Å². The second-order valence-electron chi connectivity index (χ2n) is 4.86. The van der Waals surface area contributed by atoms with E-state index in [1.54, 1.807) is 31.2 Å². The molecule has 0 unspecified atom stereocenters. The molecule has 2 aromatic rings. The summed E-state index contributed by atoms with van der Waals surface area (Å²) in [4.78, 5) is 10.8. The van der Waals surface area contributed by atoms with E-state index in [0.717, 1.165) is 23.3 Å². The Morgan fingerprint density at radius 2 is 1.73 bits per heavy atom. The Labute approximate surface area is 127 Å². The number of benzene rings is 2. The minimum atomic E-state index is -4.48. The average Bonchev–Trinajstić information content (AvgIpc) is 2.47. The predicted molar refractivity (Wildman–Crippen MR) is 82.3 cm³/mol. The lowest BCUT2D eigenvalue weighted by molar-refractivity contribution is -0.137. The van der Waals surface area contributed by atoms with Crippen molar-refractivity contribution in [3.8, 4) is 0 Å². The maximum Gasteiger partial charge on any atom is 0.416 e. The van der Waals surface area contributed by atoms with E-state index in [-0.39, 0.29) is 11.1 Å². The van der Waals surface area contributed by atoms with Crippen LogP contribution < -0.4 is 5.46 Å². The summed E-state index contributed by atoms with van der Waals surface area (Å²) < 4.78 is 39.0. The van der Waals surface area contributed by atoms with Gasteiger partial charge in [0.1, 0.15) is 14.1 Å². The first-order chi connectivity index (χ1) is 10.3. The van der Waals surface area contributed by atoms with Crippen molar-refractivity contribution in [2.45, 2.75) is 13.1 Å². The molecule has 1 nitrogen and oxygen atoms in total. The second kappa shape index (κ2) is 6.22. The first-order valence-electron chi connectivity index (χ1n) is 6.52. The third-order valence-electron chi connectivity index (χ3n) is 3.38. The fourth-order valence-corrected chi connectivity index (χ4v) is 2.08. The minimum Gasteiger partial charge on any atom is -0.298 e. The van der Waals surface area contributed by atoms with Crippen LogP contribution in [0.1, 0.15) is 32.6 Å². The van der Waals surface area contributed by atoms with Crippen LogP contribution >= 0.6 is 0 Å². The Kier molecular flexibility index (Phi) is 4.55. The number of aldehydes is 1. The van der Waals surface area contributed by atoms with Crippen molar-refractivity contribution in [2.75, 3.05) is 0 Å². The number of carbonyl (C=O) groups excluding carboxylic acids is 1. The van der Waals surface area contributed by atoms with E-state index in [2.05, 4.69) is 0 Å². The van der Waals surface area contributed by atoms with E-state index >= 15 is 0 Å². The Bertz CT molecular complexity index is 733. The van der Waals surface area contributed by atoms with Crippen molar-refractivity contribution in [3.63, 3.8) is 0 Å². The third-order valence-corrected chi connectivity index (χ3v) is 3.38. The van der Waals surface area contributed by atoms with Crippen LogP contribution in [0.25, 0.3) is 12.2 Å². The van der Waals surface area contributed by atoms with Crippen LogP contribution in [0, 0.1) is 6.92 Å². The fourth-order valence-electron chi connectivity index (χ4n) is 2.08. The van der Waals surface area contributed by atoms with Crippen molar-refractivity contribution >= 4 is 31.7 Å². The van der Waals surface area contributed by atoms with Crippen LogP contribution in [0.4, 0.5) is 13.2 Å². The topological polar surface area (TPSA) is 17.1 Å². The standard InChI is InChI=1S/C17H12BF3O/c1-11-13(3-2-4-16(11)18)6-7-14-9-12(10-22)5-8-15(14)17(19,20)21/h2-10H,1H3/b7-6+. The number of halogens is 3. The minimum absolute atomic E-state index is 0.0566. The molecule has 0 N–H and O–H groups in total. The third kappa shape index (κ3) is 3.48. The van der Waals surface area contributed by atoms with Crippen molar-refractivity contribution < 1.29 is 18.0 Å². The first-order valence-corrected chi connectivity index (χ1v) is 6.52. The van der Waals surface area contributed by atoms with E-state index in [0.29, 0.717) is 11.7 Å². The molecule has 2 radical (unpaired) electrons. The number of rotatable bonds is 3. The van der Waals surface area contributed by atoms with Crippen molar-refractivity contribution in [1.29, 1.82) is 0 Å². The van der Waals surface area contributed by atoms with Crippen molar-refractivity contribution in [3.05, 3.63) is 64.2 Å². The highest BCUT2D eigenvalue weighted by atomic mass is 19.4. The van der Waals surface area contributed by atoms with E-state index < -0.39 is 11.7 Å². The van der Waals surface area contributed by atoms with Crippen LogP contribution in [0.2, 0.25) is 0 Å². The van der Waals surface area contributed by atoms with Crippen LogP contribution in [0.3, 0.4) is 0 Å². The van der Waals surface area contributed by atoms with Gasteiger partial charge in [0.05, 0.1) is 5.56 Å². The van der Waals surface area contributed by atoms with E-state index in [4.69, 9.17) is 7.85 Å². The summed E-state index contributed by atoms with van der Waals surface area (Å²) in [7, 11) is 5.77. The molecule has 0 saturated carbocycles. The first kappa shape index (κ1) is 16.1. The highest BCUT2D eigenvalue weighted by Gasteiger charge is 2.32. The molecule has 0 amide bonds. The molecule has 110 valence electrons. The van der Waals surface area contributed by atoms with Gasteiger partial charge in [0.2, 0.25) is 0 Å². The van der Waals surface area contributed by atoms with Crippen molar-refractivity contribution in [1.82, 2.24) is 0 Å². The number of alkyl halides is 3. The SMILES string of the molecule is [B]c1cccc(/C=C/c2cc(C=O)ccc2C(F)(F)F)c1C. The molecule has 0 aliphatic rings. The molecule has 0 saturated heterocycles. The largest absolute Gasteiger partial charge is 0.416 e. The Morgan fingerprint density at radius 1 is 1.05 bits per heavy atom. The maximum atomic E-state index is 13.0. The van der Waals surface area contributed by atoms with Gasteiger partial charge in [-0.05, 0) is 30.2 Å². The molecule has 0 fully saturated rings. The zero-order chi connectivity index (χ0) is 16.3. The Morgan fingerprint density at radius 3 is 2.36 bits per heavy atom. The van der Waals surface area contributed by atoms with Gasteiger partial charge in [0, 0.05) is 5.56 Å². The summed E-state index contributed by atoms with van der Waals surface area (Å²) in [6, 6.07) is 8.50. The predicted octanol–water partition coefficient (Wildman–Crippen LogP) is 3.79. The molecule has 5 heteroatoms. The highest BCUT2D eigenvalue weighted by molar-refractivity contribution is 6.33. The van der Waals surface area contributed by atoms with Crippen LogP contribution in [0.15, 0.2) is 36.4 Å². The van der Waals surface area contributed by atoms with Gasteiger partial charge in [-0.3, -0.25) is 4.79 Å². The van der Waals surface area contributed by atoms with E-state index in [1.165, 1.54) is 12.1 Å². The molecular weight excluding hydrogens is 288 g/mol.